The predicted octanol–water partition coefficient (Wildman–Crippen LogP) is 3.01. The number of carbonyl (C=O) groups is 1. The molecule has 2 nitrogen and oxygen atoms in total. The van der Waals surface area contributed by atoms with Crippen LogP contribution in [-0.4, -0.2) is 5.78 Å². The van der Waals surface area contributed by atoms with E-state index in [1.807, 2.05) is 12.3 Å². The highest BCUT2D eigenvalue weighted by Crippen LogP contribution is 2.20. The number of thiophene rings is 1. The van der Waals surface area contributed by atoms with Crippen molar-refractivity contribution in [1.29, 1.82) is 0 Å². The normalized spacial score (nSPS) is 10.4. The molecule has 0 aliphatic rings. The second-order valence-electron chi connectivity index (χ2n) is 3.46. The van der Waals surface area contributed by atoms with Crippen molar-refractivity contribution in [3.63, 3.8) is 0 Å². The molecule has 2 aromatic rings. The number of aryl methyl sites for hydroxylation is 1. The van der Waals surface area contributed by atoms with Crippen LogP contribution in [0.3, 0.4) is 0 Å². The van der Waals surface area contributed by atoms with Crippen LogP contribution in [0.25, 0.3) is 0 Å². The maximum absolute atomic E-state index is 13.2. The maximum Gasteiger partial charge on any atom is 0.194 e. The SMILES string of the molecule is Cc1sccc1C(=O)c1ccc(N)c(F)c1. The molecule has 0 bridgehead atoms. The lowest BCUT2D eigenvalue weighted by Gasteiger charge is -2.02. The molecule has 0 atom stereocenters. The van der Waals surface area contributed by atoms with Crippen molar-refractivity contribution in [2.75, 3.05) is 5.73 Å². The summed E-state index contributed by atoms with van der Waals surface area (Å²) in [6.45, 7) is 1.87. The number of nitrogen functional groups attached to an aromatic ring is 1. The molecule has 0 fully saturated rings. The number of ketones is 1. The molecule has 1 heterocycles. The minimum atomic E-state index is -0.557. The van der Waals surface area contributed by atoms with Crippen molar-refractivity contribution < 1.29 is 9.18 Å². The van der Waals surface area contributed by atoms with E-state index in [1.54, 1.807) is 6.07 Å². The minimum Gasteiger partial charge on any atom is -0.396 e. The predicted molar refractivity (Wildman–Crippen MR) is 63.3 cm³/mol. The first kappa shape index (κ1) is 10.8. The van der Waals surface area contributed by atoms with Gasteiger partial charge in [0.2, 0.25) is 0 Å². The van der Waals surface area contributed by atoms with Crippen LogP contribution in [0.15, 0.2) is 29.6 Å². The monoisotopic (exact) mass is 235 g/mol. The largest absolute Gasteiger partial charge is 0.396 e. The summed E-state index contributed by atoms with van der Waals surface area (Å²) in [7, 11) is 0. The number of hydrogen-bond donors (Lipinski definition) is 1. The molecule has 2 rings (SSSR count). The summed E-state index contributed by atoms with van der Waals surface area (Å²) >= 11 is 1.50. The third kappa shape index (κ3) is 1.84. The Balaban J connectivity index is 2.42. The fraction of sp³-hybridized carbons (Fsp3) is 0.0833. The van der Waals surface area contributed by atoms with Gasteiger partial charge in [0.15, 0.2) is 5.78 Å². The lowest BCUT2D eigenvalue weighted by Crippen LogP contribution is -2.03. The molecule has 2 N–H and O–H groups in total. The van der Waals surface area contributed by atoms with Gasteiger partial charge in [-0.15, -0.1) is 11.3 Å². The fourth-order valence-electron chi connectivity index (χ4n) is 1.44. The number of halogens is 1. The van der Waals surface area contributed by atoms with Crippen molar-refractivity contribution in [2.45, 2.75) is 6.92 Å². The van der Waals surface area contributed by atoms with E-state index in [0.29, 0.717) is 11.1 Å². The Labute approximate surface area is 96.5 Å². The summed E-state index contributed by atoms with van der Waals surface area (Å²) in [5.41, 5.74) is 6.35. The van der Waals surface area contributed by atoms with Gasteiger partial charge in [0, 0.05) is 16.0 Å². The van der Waals surface area contributed by atoms with Gasteiger partial charge in [0.25, 0.3) is 0 Å². The smallest absolute Gasteiger partial charge is 0.194 e. The zero-order valence-corrected chi connectivity index (χ0v) is 9.48. The summed E-state index contributed by atoms with van der Waals surface area (Å²) in [5, 5.41) is 1.84. The van der Waals surface area contributed by atoms with Gasteiger partial charge in [-0.1, -0.05) is 0 Å². The number of anilines is 1. The molecular weight excluding hydrogens is 225 g/mol. The highest BCUT2D eigenvalue weighted by atomic mass is 32.1. The zero-order chi connectivity index (χ0) is 11.7. The van der Waals surface area contributed by atoms with Gasteiger partial charge in [-0.2, -0.15) is 0 Å². The van der Waals surface area contributed by atoms with Gasteiger partial charge in [0.05, 0.1) is 5.69 Å². The van der Waals surface area contributed by atoms with Gasteiger partial charge in [-0.3, -0.25) is 4.79 Å². The molecular formula is C12H10FNOS. The van der Waals surface area contributed by atoms with Crippen LogP contribution < -0.4 is 5.73 Å². The average Bonchev–Trinajstić information content (AvgIpc) is 2.67. The molecule has 4 heteroatoms. The first-order valence-corrected chi connectivity index (χ1v) is 5.61. The van der Waals surface area contributed by atoms with E-state index in [1.165, 1.54) is 29.5 Å². The van der Waals surface area contributed by atoms with E-state index in [2.05, 4.69) is 0 Å². The summed E-state index contributed by atoms with van der Waals surface area (Å²) in [6.07, 6.45) is 0. The second-order valence-corrected chi connectivity index (χ2v) is 4.58. The Morgan fingerprint density at radius 1 is 1.38 bits per heavy atom. The molecule has 0 amide bonds. The molecule has 0 spiro atoms. The van der Waals surface area contributed by atoms with E-state index in [9.17, 15) is 9.18 Å². The van der Waals surface area contributed by atoms with Gasteiger partial charge < -0.3 is 5.73 Å². The number of carbonyl (C=O) groups excluding carboxylic acids is 1. The number of benzene rings is 1. The molecule has 0 unspecified atom stereocenters. The number of nitrogens with two attached hydrogens (primary N) is 1. The van der Waals surface area contributed by atoms with Gasteiger partial charge in [0.1, 0.15) is 5.82 Å². The van der Waals surface area contributed by atoms with Crippen molar-refractivity contribution in [2.24, 2.45) is 0 Å². The summed E-state index contributed by atoms with van der Waals surface area (Å²) < 4.78 is 13.2. The van der Waals surface area contributed by atoms with Gasteiger partial charge >= 0.3 is 0 Å². The second kappa shape index (κ2) is 4.06. The summed E-state index contributed by atoms with van der Waals surface area (Å²) in [5.74, 6) is -0.726. The Bertz CT molecular complexity index is 548. The molecule has 16 heavy (non-hydrogen) atoms. The average molecular weight is 235 g/mol. The van der Waals surface area contributed by atoms with Gasteiger partial charge in [-0.05, 0) is 36.6 Å². The summed E-state index contributed by atoms with van der Waals surface area (Å²) in [4.78, 5) is 12.9. The minimum absolute atomic E-state index is 0.0543. The van der Waals surface area contributed by atoms with Crippen LogP contribution in [0.5, 0.6) is 0 Å². The molecule has 0 radical (unpaired) electrons. The lowest BCUT2D eigenvalue weighted by atomic mass is 10.0. The van der Waals surface area contributed by atoms with E-state index in [-0.39, 0.29) is 11.5 Å². The van der Waals surface area contributed by atoms with Crippen LogP contribution in [0, 0.1) is 12.7 Å². The van der Waals surface area contributed by atoms with Crippen molar-refractivity contribution >= 4 is 22.8 Å². The highest BCUT2D eigenvalue weighted by Gasteiger charge is 2.13. The lowest BCUT2D eigenvalue weighted by molar-refractivity contribution is 0.103. The van der Waals surface area contributed by atoms with Crippen molar-refractivity contribution in [1.82, 2.24) is 0 Å². The first-order valence-electron chi connectivity index (χ1n) is 4.73. The van der Waals surface area contributed by atoms with Gasteiger partial charge in [-0.25, -0.2) is 4.39 Å². The van der Waals surface area contributed by atoms with Crippen LogP contribution in [0.2, 0.25) is 0 Å². The highest BCUT2D eigenvalue weighted by molar-refractivity contribution is 7.10. The molecule has 82 valence electrons. The van der Waals surface area contributed by atoms with Crippen LogP contribution in [0.1, 0.15) is 20.8 Å². The molecule has 0 aliphatic heterocycles. The van der Waals surface area contributed by atoms with E-state index in [4.69, 9.17) is 5.73 Å². The third-order valence-electron chi connectivity index (χ3n) is 2.37. The number of hydrogen-bond acceptors (Lipinski definition) is 3. The molecule has 1 aromatic heterocycles. The first-order chi connectivity index (χ1) is 7.59. The number of rotatable bonds is 2. The zero-order valence-electron chi connectivity index (χ0n) is 8.66. The van der Waals surface area contributed by atoms with Crippen LogP contribution >= 0.6 is 11.3 Å². The van der Waals surface area contributed by atoms with Crippen LogP contribution in [-0.2, 0) is 0 Å². The summed E-state index contributed by atoms with van der Waals surface area (Å²) in [6, 6.07) is 5.87. The maximum atomic E-state index is 13.2. The van der Waals surface area contributed by atoms with E-state index < -0.39 is 5.82 Å². The Hall–Kier alpha value is -1.68. The standard InChI is InChI=1S/C12H10FNOS/c1-7-9(4-5-16-7)12(15)8-2-3-11(14)10(13)6-8/h2-6H,14H2,1H3. The fourth-order valence-corrected chi connectivity index (χ4v) is 2.14. The topological polar surface area (TPSA) is 43.1 Å². The van der Waals surface area contributed by atoms with E-state index >= 15 is 0 Å². The molecule has 0 saturated heterocycles. The third-order valence-corrected chi connectivity index (χ3v) is 3.21. The van der Waals surface area contributed by atoms with Crippen LogP contribution in [0.4, 0.5) is 10.1 Å². The quantitative estimate of drug-likeness (QED) is 0.642. The molecule has 0 aliphatic carbocycles. The van der Waals surface area contributed by atoms with Crippen molar-refractivity contribution in [3.8, 4) is 0 Å². The van der Waals surface area contributed by atoms with E-state index in [0.717, 1.165) is 4.88 Å². The Morgan fingerprint density at radius 2 is 2.12 bits per heavy atom. The molecule has 0 saturated carbocycles. The van der Waals surface area contributed by atoms with Crippen molar-refractivity contribution in [3.05, 3.63) is 51.5 Å². The Morgan fingerprint density at radius 3 is 2.69 bits per heavy atom. The Kier molecular flexibility index (Phi) is 2.75. The molecule has 1 aromatic carbocycles.